The Kier molecular flexibility index (Phi) is 10.1. The molecule has 7 aromatic carbocycles. The molecule has 3 nitrogen and oxygen atoms in total. The van der Waals surface area contributed by atoms with Gasteiger partial charge in [-0.15, -0.1) is 0 Å². The molecule has 0 aliphatic rings. The van der Waals surface area contributed by atoms with Gasteiger partial charge in [0.1, 0.15) is 0 Å². The average Bonchev–Trinajstić information content (AvgIpc) is 3.13. The summed E-state index contributed by atoms with van der Waals surface area (Å²) < 4.78 is 140. The molecule has 276 valence electrons. The molecule has 0 aromatic heterocycles. The fourth-order valence-corrected chi connectivity index (χ4v) is 14.0. The Balaban J connectivity index is 1.63. The van der Waals surface area contributed by atoms with Crippen LogP contribution in [0.25, 0.3) is 0 Å². The van der Waals surface area contributed by atoms with E-state index in [1.165, 1.54) is 0 Å². The van der Waals surface area contributed by atoms with Crippen molar-refractivity contribution in [3.8, 4) is 17.2 Å². The van der Waals surface area contributed by atoms with Gasteiger partial charge in [0, 0.05) is 0 Å². The standard InChI is InChI=1S/C42H26BF8O3P/c44-27-16-28(45)20-34(19-27)52-43(53-35-21-29(46)17-30(47)22-35)54-41-26-33(50)25-40(51)42(41)55(36-10-4-1-5-11-36,37-12-6-2-7-13-37,38-14-8-3-9-15-38)39-23-31(48)18-32(49)24-39/h1-26H. The molecule has 0 aliphatic carbocycles. The van der Waals surface area contributed by atoms with Gasteiger partial charge in [-0.05, 0) is 0 Å². The van der Waals surface area contributed by atoms with E-state index in [1.807, 2.05) is 0 Å². The number of rotatable bonds is 11. The van der Waals surface area contributed by atoms with Crippen molar-refractivity contribution in [1.29, 1.82) is 0 Å². The first-order valence-corrected chi connectivity index (χ1v) is 18.8. The summed E-state index contributed by atoms with van der Waals surface area (Å²) in [5, 5.41) is 0.478. The molecule has 0 aliphatic heterocycles. The first-order chi connectivity index (χ1) is 26.5. The Morgan fingerprint density at radius 1 is 0.345 bits per heavy atom. The molecule has 0 heterocycles. The van der Waals surface area contributed by atoms with Gasteiger partial charge in [0.25, 0.3) is 0 Å². The summed E-state index contributed by atoms with van der Waals surface area (Å²) in [6, 6.07) is 33.0. The zero-order valence-electron chi connectivity index (χ0n) is 28.3. The molecule has 0 N–H and O–H groups in total. The number of benzene rings is 7. The van der Waals surface area contributed by atoms with Gasteiger partial charge in [0.15, 0.2) is 0 Å². The van der Waals surface area contributed by atoms with Crippen LogP contribution in [0.3, 0.4) is 0 Å². The van der Waals surface area contributed by atoms with Crippen molar-refractivity contribution in [3.05, 3.63) is 204 Å². The fraction of sp³-hybridized carbons (Fsp3) is 0. The Morgan fingerprint density at radius 2 is 0.691 bits per heavy atom. The summed E-state index contributed by atoms with van der Waals surface area (Å²) in [5.41, 5.74) is 0. The molecular formula is C42H26BF8O3P. The number of hydrogen-bond donors (Lipinski definition) is 0. The number of halogens is 8. The van der Waals surface area contributed by atoms with Crippen LogP contribution in [-0.4, -0.2) is 7.32 Å². The summed E-state index contributed by atoms with van der Waals surface area (Å²) in [5.74, 6) is -10.5. The minimum atomic E-state index is -5.24. The molecule has 0 radical (unpaired) electrons. The van der Waals surface area contributed by atoms with Crippen molar-refractivity contribution in [2.24, 2.45) is 0 Å². The normalized spacial score (nSPS) is 12.0. The molecule has 0 unspecified atom stereocenters. The molecular weight excluding hydrogens is 746 g/mol. The van der Waals surface area contributed by atoms with Gasteiger partial charge in [-0.2, -0.15) is 0 Å². The van der Waals surface area contributed by atoms with Gasteiger partial charge in [-0.3, -0.25) is 0 Å². The van der Waals surface area contributed by atoms with Crippen LogP contribution in [-0.2, 0) is 0 Å². The van der Waals surface area contributed by atoms with Gasteiger partial charge in [0.2, 0.25) is 0 Å². The van der Waals surface area contributed by atoms with Gasteiger partial charge >= 0.3 is 311 Å². The predicted molar refractivity (Wildman–Crippen MR) is 197 cm³/mol. The monoisotopic (exact) mass is 772 g/mol. The van der Waals surface area contributed by atoms with E-state index < -0.39 is 83.0 Å². The summed E-state index contributed by atoms with van der Waals surface area (Å²) in [6.45, 7) is -5.24. The van der Waals surface area contributed by atoms with Crippen LogP contribution in [0.1, 0.15) is 0 Å². The molecule has 7 aromatic rings. The third kappa shape index (κ3) is 6.78. The molecule has 0 spiro atoms. The van der Waals surface area contributed by atoms with Crippen molar-refractivity contribution < 1.29 is 49.1 Å². The summed E-state index contributed by atoms with van der Waals surface area (Å²) in [4.78, 5) is 0. The first kappa shape index (κ1) is 37.2. The predicted octanol–water partition coefficient (Wildman–Crippen LogP) is 8.80. The Hall–Kier alpha value is -6.13. The van der Waals surface area contributed by atoms with E-state index in [0.29, 0.717) is 40.2 Å². The van der Waals surface area contributed by atoms with E-state index in [0.717, 1.165) is 42.5 Å². The first-order valence-electron chi connectivity index (χ1n) is 16.5. The van der Waals surface area contributed by atoms with Crippen LogP contribution >= 0.6 is 6.60 Å². The van der Waals surface area contributed by atoms with Gasteiger partial charge < -0.3 is 0 Å². The SMILES string of the molecule is Fc1cc(F)cc(OB(Oc2cc(F)cc(F)c2)Oc2cc(F)cc(F)c2P(c2ccccc2)(c2ccccc2)(c2ccccc2)c2cc(F)cc(F)c2)c1. The fourth-order valence-electron chi connectivity index (χ4n) is 7.04. The van der Waals surface area contributed by atoms with E-state index >= 15 is 17.6 Å². The average molecular weight is 772 g/mol. The molecule has 0 saturated heterocycles. The summed E-state index contributed by atoms with van der Waals surface area (Å²) >= 11 is 0. The van der Waals surface area contributed by atoms with Crippen LogP contribution in [0, 0.1) is 46.5 Å². The van der Waals surface area contributed by atoms with E-state index in [1.54, 1.807) is 91.0 Å². The van der Waals surface area contributed by atoms with Gasteiger partial charge in [-0.25, -0.2) is 0 Å². The van der Waals surface area contributed by atoms with Crippen LogP contribution in [0.5, 0.6) is 17.2 Å². The van der Waals surface area contributed by atoms with E-state index in [4.69, 9.17) is 14.0 Å². The van der Waals surface area contributed by atoms with Crippen LogP contribution in [0.4, 0.5) is 35.1 Å². The van der Waals surface area contributed by atoms with Crippen LogP contribution < -0.4 is 40.5 Å². The molecule has 0 bridgehead atoms. The molecule has 7 rings (SSSR count). The second-order valence-corrected chi connectivity index (χ2v) is 17.1. The van der Waals surface area contributed by atoms with Crippen molar-refractivity contribution in [1.82, 2.24) is 0 Å². The quantitative estimate of drug-likeness (QED) is 0.0748. The maximum atomic E-state index is 17.6. The van der Waals surface area contributed by atoms with Crippen LogP contribution in [0.2, 0.25) is 0 Å². The molecule has 0 atom stereocenters. The van der Waals surface area contributed by atoms with E-state index in [2.05, 4.69) is 0 Å². The molecule has 13 heteroatoms. The second kappa shape index (κ2) is 15.0. The summed E-state index contributed by atoms with van der Waals surface area (Å²) in [6.07, 6.45) is 0. The van der Waals surface area contributed by atoms with Crippen molar-refractivity contribution in [3.63, 3.8) is 0 Å². The molecule has 0 amide bonds. The van der Waals surface area contributed by atoms with Crippen molar-refractivity contribution >= 4 is 40.4 Å². The minimum absolute atomic E-state index is 0.0692. The van der Waals surface area contributed by atoms with Crippen molar-refractivity contribution in [2.45, 2.75) is 0 Å². The third-order valence-electron chi connectivity index (χ3n) is 8.98. The Labute approximate surface area is 310 Å². The molecule has 0 saturated carbocycles. The molecule has 0 fully saturated rings. The molecule has 55 heavy (non-hydrogen) atoms. The van der Waals surface area contributed by atoms with Crippen molar-refractivity contribution in [2.75, 3.05) is 0 Å². The van der Waals surface area contributed by atoms with Gasteiger partial charge in [-0.1, -0.05) is 0 Å². The van der Waals surface area contributed by atoms with E-state index in [9.17, 15) is 17.6 Å². The van der Waals surface area contributed by atoms with E-state index in [-0.39, 0.29) is 5.30 Å². The number of hydrogen-bond acceptors (Lipinski definition) is 3. The topological polar surface area (TPSA) is 27.7 Å². The summed E-state index contributed by atoms with van der Waals surface area (Å²) in [7, 11) is -2.27. The maximum absolute atomic E-state index is 17.6. The zero-order chi connectivity index (χ0) is 38.8. The van der Waals surface area contributed by atoms with Gasteiger partial charge in [0.05, 0.1) is 0 Å². The van der Waals surface area contributed by atoms with Crippen LogP contribution in [0.15, 0.2) is 158 Å². The Bertz CT molecular complexity index is 2280. The second-order valence-electron chi connectivity index (χ2n) is 12.3. The third-order valence-corrected chi connectivity index (χ3v) is 15.6. The zero-order valence-corrected chi connectivity index (χ0v) is 29.2. The Morgan fingerprint density at radius 3 is 1.07 bits per heavy atom.